The Morgan fingerprint density at radius 3 is 0.661 bits per heavy atom. The molecule has 0 spiro atoms. The summed E-state index contributed by atoms with van der Waals surface area (Å²) in [7, 11) is -9.37. The van der Waals surface area contributed by atoms with E-state index in [-0.39, 0.29) is 118 Å². The minimum absolute atomic E-state index is 0.0886. The molecule has 0 aliphatic carbocycles. The standard InChI is InChI=1S/C92H178N2O22P2/c1-5-9-13-17-21-25-29-33-37-41-45-49-53-57-61-65-89(97)109-79-85(115-91(99)67-63-59-55-51-47-43-39-35-31-27-23-19-15-11-7-3)81-113-117(101,102)111-71-69-93-87(95)83-107-77-75-105-73-74-106-76-78-108-84-88(96)94-70-72-112-118(103,104)114-82-86(116-92(100)68-64-60-56-52-48-44-40-36-32-28-24-20-16-12-8-4)80-110-90(98)66-62-58-54-50-46-42-38-34-30-26-22-18-14-10-6-2/h85-86H,5-84H2,1-4H3,(H,93,95)(H,94,96)(H,101,102)(H,103,104)/t85-,86-/m1/s1. The highest BCUT2D eigenvalue weighted by atomic mass is 31.2. The van der Waals surface area contributed by atoms with E-state index in [1.54, 1.807) is 0 Å². The van der Waals surface area contributed by atoms with Gasteiger partial charge in [-0.15, -0.1) is 0 Å². The monoisotopic (exact) mass is 1730 g/mol. The fourth-order valence-corrected chi connectivity index (χ4v) is 15.4. The number of phosphoric ester groups is 2. The zero-order chi connectivity index (χ0) is 86.1. The minimum atomic E-state index is -4.68. The van der Waals surface area contributed by atoms with Crippen molar-refractivity contribution in [3.05, 3.63) is 0 Å². The summed E-state index contributed by atoms with van der Waals surface area (Å²) < 4.78 is 90.2. The molecule has 0 aromatic rings. The van der Waals surface area contributed by atoms with Gasteiger partial charge in [-0.1, -0.05) is 387 Å². The Hall–Kier alpha value is -3.12. The molecule has 2 unspecified atom stereocenters. The van der Waals surface area contributed by atoms with Crippen LogP contribution in [0.2, 0.25) is 0 Å². The molecule has 2 amide bonds. The molecular weight excluding hydrogens is 1550 g/mol. The average molecular weight is 1730 g/mol. The SMILES string of the molecule is CCCCCCCCCCCCCCCCCC(=O)OC[C@H](COP(=O)(O)OCCNC(=O)COCCOCCOCCOCC(=O)NCCOP(=O)(O)OC[C@@H](COC(=O)CCCCCCCCCCCCCCCCC)OC(=O)CCCCCCCCCCCCCCCCC)OC(=O)CCCCCCCCCCCCCCCCC. The van der Waals surface area contributed by atoms with Gasteiger partial charge in [0.15, 0.2) is 12.2 Å². The summed E-state index contributed by atoms with van der Waals surface area (Å²) in [5, 5.41) is 5.07. The first kappa shape index (κ1) is 115. The minimum Gasteiger partial charge on any atom is -0.462 e. The molecule has 0 aromatic heterocycles. The first-order valence-electron chi connectivity index (χ1n) is 48.3. The van der Waals surface area contributed by atoms with Crippen LogP contribution < -0.4 is 10.6 Å². The smallest absolute Gasteiger partial charge is 0.462 e. The predicted molar refractivity (Wildman–Crippen MR) is 473 cm³/mol. The van der Waals surface area contributed by atoms with Crippen molar-refractivity contribution in [1.82, 2.24) is 10.6 Å². The largest absolute Gasteiger partial charge is 0.472 e. The highest BCUT2D eigenvalue weighted by Gasteiger charge is 2.28. The van der Waals surface area contributed by atoms with Crippen LogP contribution in [-0.2, 0) is 93.9 Å². The van der Waals surface area contributed by atoms with Crippen LogP contribution in [0.4, 0.5) is 0 Å². The molecule has 0 fully saturated rings. The predicted octanol–water partition coefficient (Wildman–Crippen LogP) is 23.5. The Kier molecular flexibility index (Phi) is 87.8. The summed E-state index contributed by atoms with van der Waals surface area (Å²) in [4.78, 5) is 97.2. The van der Waals surface area contributed by atoms with Crippen LogP contribution in [-0.4, -0.2) is 163 Å². The van der Waals surface area contributed by atoms with E-state index in [2.05, 4.69) is 38.3 Å². The van der Waals surface area contributed by atoms with Crippen LogP contribution in [0.3, 0.4) is 0 Å². The first-order chi connectivity index (χ1) is 57.6. The Balaban J connectivity index is 4.64. The van der Waals surface area contributed by atoms with Crippen LogP contribution in [0.25, 0.3) is 0 Å². The zero-order valence-corrected chi connectivity index (χ0v) is 77.5. The molecule has 118 heavy (non-hydrogen) atoms. The molecule has 0 aliphatic heterocycles. The van der Waals surface area contributed by atoms with E-state index < -0.39 is 76.8 Å². The lowest BCUT2D eigenvalue weighted by Gasteiger charge is -2.20. The van der Waals surface area contributed by atoms with Crippen LogP contribution in [0.5, 0.6) is 0 Å². The Morgan fingerprint density at radius 2 is 0.441 bits per heavy atom. The normalized spacial score (nSPS) is 13.1. The molecule has 24 nitrogen and oxygen atoms in total. The summed E-state index contributed by atoms with van der Waals surface area (Å²) in [5.74, 6) is -2.92. The molecule has 0 rings (SSSR count). The van der Waals surface area contributed by atoms with Crippen molar-refractivity contribution >= 4 is 51.3 Å². The fourth-order valence-electron chi connectivity index (χ4n) is 13.9. The highest BCUT2D eigenvalue weighted by Crippen LogP contribution is 2.44. The topological polar surface area (TPSA) is 312 Å². The molecule has 0 heterocycles. The molecule has 0 saturated carbocycles. The van der Waals surface area contributed by atoms with Gasteiger partial charge in [0, 0.05) is 38.8 Å². The Bertz CT molecular complexity index is 2190. The summed E-state index contributed by atoms with van der Waals surface area (Å²) >= 11 is 0. The molecule has 4 N–H and O–H groups in total. The van der Waals surface area contributed by atoms with Gasteiger partial charge in [0.25, 0.3) is 0 Å². The van der Waals surface area contributed by atoms with E-state index in [0.29, 0.717) is 25.7 Å². The van der Waals surface area contributed by atoms with Gasteiger partial charge >= 0.3 is 39.5 Å². The van der Waals surface area contributed by atoms with Gasteiger partial charge in [-0.05, 0) is 25.7 Å². The van der Waals surface area contributed by atoms with Crippen molar-refractivity contribution in [3.8, 4) is 0 Å². The van der Waals surface area contributed by atoms with E-state index in [0.717, 1.165) is 77.0 Å². The summed E-state index contributed by atoms with van der Waals surface area (Å²) in [5.41, 5.74) is 0. The van der Waals surface area contributed by atoms with Gasteiger partial charge in [0.1, 0.15) is 26.4 Å². The number of rotatable bonds is 97. The number of esters is 4. The second kappa shape index (κ2) is 90.1. The maximum atomic E-state index is 13.0. The Labute approximate surface area is 718 Å². The van der Waals surface area contributed by atoms with Crippen molar-refractivity contribution in [2.24, 2.45) is 0 Å². The average Bonchev–Trinajstić information content (AvgIpc) is 0.911. The van der Waals surface area contributed by atoms with Crippen LogP contribution in [0.15, 0.2) is 0 Å². The van der Waals surface area contributed by atoms with Crippen molar-refractivity contribution in [2.45, 2.75) is 451 Å². The van der Waals surface area contributed by atoms with Crippen LogP contribution in [0, 0.1) is 0 Å². The molecule has 0 saturated heterocycles. The zero-order valence-electron chi connectivity index (χ0n) is 75.7. The number of nitrogens with one attached hydrogen (secondary N) is 2. The third-order valence-electron chi connectivity index (χ3n) is 21.2. The van der Waals surface area contributed by atoms with Crippen molar-refractivity contribution in [2.75, 3.05) is 106 Å². The number of hydrogen-bond acceptors (Lipinski definition) is 20. The molecule has 4 atom stereocenters. The molecule has 698 valence electrons. The molecule has 0 aliphatic rings. The number of unbranched alkanes of at least 4 members (excludes halogenated alkanes) is 56. The van der Waals surface area contributed by atoms with Gasteiger partial charge in [-0.3, -0.25) is 46.9 Å². The van der Waals surface area contributed by atoms with E-state index in [9.17, 15) is 47.7 Å². The molecule has 0 bridgehead atoms. The molecule has 0 radical (unpaired) electrons. The first-order valence-corrected chi connectivity index (χ1v) is 51.3. The number of hydrogen-bond donors (Lipinski definition) is 4. The van der Waals surface area contributed by atoms with Crippen molar-refractivity contribution in [3.63, 3.8) is 0 Å². The summed E-state index contributed by atoms with van der Waals surface area (Å²) in [6, 6.07) is 0. The lowest BCUT2D eigenvalue weighted by molar-refractivity contribution is -0.161. The number of phosphoric acid groups is 2. The van der Waals surface area contributed by atoms with Gasteiger partial charge in [-0.2, -0.15) is 0 Å². The highest BCUT2D eigenvalue weighted by molar-refractivity contribution is 7.47. The van der Waals surface area contributed by atoms with Gasteiger partial charge in [0.05, 0.1) is 66.1 Å². The quantitative estimate of drug-likeness (QED) is 0.0190. The van der Waals surface area contributed by atoms with Crippen molar-refractivity contribution in [1.29, 1.82) is 0 Å². The van der Waals surface area contributed by atoms with Gasteiger partial charge in [-0.25, -0.2) is 9.13 Å². The maximum absolute atomic E-state index is 13.0. The second-order valence-electron chi connectivity index (χ2n) is 32.6. The molecule has 0 aromatic carbocycles. The van der Waals surface area contributed by atoms with E-state index >= 15 is 0 Å². The third-order valence-corrected chi connectivity index (χ3v) is 23.1. The lowest BCUT2D eigenvalue weighted by Crippen LogP contribution is -2.31. The number of amides is 2. The number of carbonyl (C=O) groups excluding carboxylic acids is 6. The Morgan fingerprint density at radius 1 is 0.246 bits per heavy atom. The summed E-state index contributed by atoms with van der Waals surface area (Å²) in [6.07, 6.45) is 70.6. The van der Waals surface area contributed by atoms with Gasteiger partial charge in [0.2, 0.25) is 11.8 Å². The third kappa shape index (κ3) is 89.2. The van der Waals surface area contributed by atoms with E-state index in [1.807, 2.05) is 0 Å². The maximum Gasteiger partial charge on any atom is 0.472 e. The number of carbonyl (C=O) groups is 6. The van der Waals surface area contributed by atoms with E-state index in [1.165, 1.54) is 283 Å². The van der Waals surface area contributed by atoms with Crippen LogP contribution >= 0.6 is 15.6 Å². The lowest BCUT2D eigenvalue weighted by atomic mass is 10.0. The second-order valence-corrected chi connectivity index (χ2v) is 35.5. The fraction of sp³-hybridized carbons (Fsp3) is 0.935. The van der Waals surface area contributed by atoms with E-state index in [4.69, 9.17) is 56.0 Å². The van der Waals surface area contributed by atoms with Crippen LogP contribution in [0.1, 0.15) is 439 Å². The van der Waals surface area contributed by atoms with Crippen molar-refractivity contribution < 1.29 is 104 Å². The molecular formula is C92H178N2O22P2. The summed E-state index contributed by atoms with van der Waals surface area (Å²) in [6.45, 7) is 6.44. The van der Waals surface area contributed by atoms with Gasteiger partial charge < -0.3 is 58.3 Å². The molecule has 26 heteroatoms. The number of ether oxygens (including phenoxy) is 8.